The Morgan fingerprint density at radius 1 is 1.19 bits per heavy atom. The van der Waals surface area contributed by atoms with Crippen molar-refractivity contribution in [1.29, 1.82) is 0 Å². The molecule has 2 N–H and O–H groups in total. The molecule has 26 heavy (non-hydrogen) atoms. The summed E-state index contributed by atoms with van der Waals surface area (Å²) >= 11 is 1.86. The molecule has 1 heterocycles. The lowest BCUT2D eigenvalue weighted by molar-refractivity contribution is 0.793. The monoisotopic (exact) mass is 484 g/mol. The molecule has 0 amide bonds. The summed E-state index contributed by atoms with van der Waals surface area (Å²) in [4.78, 5) is 10.2. The van der Waals surface area contributed by atoms with Gasteiger partial charge < -0.3 is 10.6 Å². The molecule has 0 radical (unpaired) electrons. The molecule has 1 aromatic carbocycles. The van der Waals surface area contributed by atoms with Crippen molar-refractivity contribution in [2.45, 2.75) is 37.3 Å². The van der Waals surface area contributed by atoms with Gasteiger partial charge >= 0.3 is 0 Å². The zero-order chi connectivity index (χ0) is 17.9. The Balaban J connectivity index is 0.00000338. The van der Waals surface area contributed by atoms with Gasteiger partial charge in [0.25, 0.3) is 0 Å². The molecular formula is C20H29IN4S. The number of aliphatic imine (C=N–C) groups is 1. The van der Waals surface area contributed by atoms with Crippen LogP contribution < -0.4 is 10.6 Å². The average Bonchev–Trinajstić information content (AvgIpc) is 2.62. The van der Waals surface area contributed by atoms with E-state index in [-0.39, 0.29) is 24.0 Å². The molecule has 0 spiro atoms. The zero-order valence-corrected chi connectivity index (χ0v) is 18.9. The largest absolute Gasteiger partial charge is 0.357 e. The number of aromatic nitrogens is 1. The van der Waals surface area contributed by atoms with E-state index >= 15 is 0 Å². The maximum absolute atomic E-state index is 4.72. The van der Waals surface area contributed by atoms with Gasteiger partial charge in [-0.1, -0.05) is 25.1 Å². The van der Waals surface area contributed by atoms with Crippen LogP contribution in [0.4, 0.5) is 0 Å². The molecule has 0 aliphatic heterocycles. The summed E-state index contributed by atoms with van der Waals surface area (Å²) in [6, 6.07) is 12.6. The fourth-order valence-electron chi connectivity index (χ4n) is 2.43. The van der Waals surface area contributed by atoms with Gasteiger partial charge in [0.1, 0.15) is 0 Å². The first kappa shape index (κ1) is 22.8. The number of rotatable bonds is 8. The number of hydrogen-bond acceptors (Lipinski definition) is 3. The molecule has 0 saturated carbocycles. The third-order valence-corrected chi connectivity index (χ3v) is 4.85. The predicted molar refractivity (Wildman–Crippen MR) is 124 cm³/mol. The molecule has 0 aliphatic carbocycles. The molecule has 1 aromatic heterocycles. The molecule has 0 fully saturated rings. The molecule has 6 heteroatoms. The molecule has 1 atom stereocenters. The summed E-state index contributed by atoms with van der Waals surface area (Å²) in [6.45, 7) is 8.90. The first-order valence-electron chi connectivity index (χ1n) is 8.82. The highest BCUT2D eigenvalue weighted by molar-refractivity contribution is 14.0. The molecule has 2 aromatic rings. The van der Waals surface area contributed by atoms with Gasteiger partial charge in [-0.2, -0.15) is 0 Å². The number of guanidine groups is 1. The Hall–Kier alpha value is -1.28. The van der Waals surface area contributed by atoms with E-state index in [1.807, 2.05) is 30.2 Å². The van der Waals surface area contributed by atoms with Gasteiger partial charge in [-0.05, 0) is 49.6 Å². The van der Waals surface area contributed by atoms with Crippen molar-refractivity contribution in [3.63, 3.8) is 0 Å². The van der Waals surface area contributed by atoms with Crippen LogP contribution >= 0.6 is 35.7 Å². The Kier molecular flexibility index (Phi) is 11.4. The second-order valence-corrected chi connectivity index (χ2v) is 7.45. The molecule has 0 bridgehead atoms. The SMILES string of the molecule is CCNC(=NCC(C)Sc1ccccc1)NCCc1ccncc1C.I. The van der Waals surface area contributed by atoms with Crippen molar-refractivity contribution in [2.24, 2.45) is 4.99 Å². The zero-order valence-electron chi connectivity index (χ0n) is 15.7. The minimum atomic E-state index is 0. The van der Waals surface area contributed by atoms with Crippen LogP contribution in [0.5, 0.6) is 0 Å². The van der Waals surface area contributed by atoms with Gasteiger partial charge in [0, 0.05) is 35.6 Å². The summed E-state index contributed by atoms with van der Waals surface area (Å²) in [5.41, 5.74) is 2.56. The summed E-state index contributed by atoms with van der Waals surface area (Å²) in [6.07, 6.45) is 4.73. The number of hydrogen-bond donors (Lipinski definition) is 2. The summed E-state index contributed by atoms with van der Waals surface area (Å²) in [5, 5.41) is 7.18. The van der Waals surface area contributed by atoms with Crippen LogP contribution in [0.3, 0.4) is 0 Å². The maximum atomic E-state index is 4.72. The molecule has 4 nitrogen and oxygen atoms in total. The van der Waals surface area contributed by atoms with Crippen molar-refractivity contribution in [3.05, 3.63) is 59.9 Å². The van der Waals surface area contributed by atoms with E-state index in [1.54, 1.807) is 0 Å². The van der Waals surface area contributed by atoms with E-state index in [2.05, 4.69) is 66.7 Å². The molecule has 142 valence electrons. The fraction of sp³-hybridized carbons (Fsp3) is 0.400. The summed E-state index contributed by atoms with van der Waals surface area (Å²) in [5.74, 6) is 0.884. The van der Waals surface area contributed by atoms with E-state index in [0.29, 0.717) is 5.25 Å². The highest BCUT2D eigenvalue weighted by Gasteiger charge is 2.05. The van der Waals surface area contributed by atoms with E-state index in [9.17, 15) is 0 Å². The normalized spacial score (nSPS) is 12.2. The van der Waals surface area contributed by atoms with Crippen molar-refractivity contribution in [2.75, 3.05) is 19.6 Å². The standard InChI is InChI=1S/C20H28N4S.HI/c1-4-22-20(23-13-11-18-10-12-21-14-16(18)2)24-15-17(3)25-19-8-6-5-7-9-19;/h5-10,12,14,17H,4,11,13,15H2,1-3H3,(H2,22,23,24);1H. The second kappa shape index (κ2) is 13.0. The molecule has 2 rings (SSSR count). The van der Waals surface area contributed by atoms with Crippen LogP contribution in [-0.2, 0) is 6.42 Å². The lowest BCUT2D eigenvalue weighted by Gasteiger charge is -2.14. The Morgan fingerprint density at radius 3 is 2.65 bits per heavy atom. The van der Waals surface area contributed by atoms with Crippen LogP contribution in [0, 0.1) is 6.92 Å². The highest BCUT2D eigenvalue weighted by atomic mass is 127. The van der Waals surface area contributed by atoms with Crippen molar-refractivity contribution in [1.82, 2.24) is 15.6 Å². The quantitative estimate of drug-likeness (QED) is 0.254. The van der Waals surface area contributed by atoms with Crippen LogP contribution in [0.15, 0.2) is 58.7 Å². The number of aryl methyl sites for hydroxylation is 1. The number of nitrogens with zero attached hydrogens (tertiary/aromatic N) is 2. The lowest BCUT2D eigenvalue weighted by atomic mass is 10.1. The Morgan fingerprint density at radius 2 is 1.96 bits per heavy atom. The van der Waals surface area contributed by atoms with Crippen LogP contribution in [-0.4, -0.2) is 35.8 Å². The first-order valence-corrected chi connectivity index (χ1v) is 9.70. The van der Waals surface area contributed by atoms with Gasteiger partial charge in [-0.3, -0.25) is 9.98 Å². The fourth-order valence-corrected chi connectivity index (χ4v) is 3.36. The van der Waals surface area contributed by atoms with Crippen molar-refractivity contribution >= 4 is 41.7 Å². The summed E-state index contributed by atoms with van der Waals surface area (Å²) in [7, 11) is 0. The van der Waals surface area contributed by atoms with E-state index in [4.69, 9.17) is 4.99 Å². The maximum Gasteiger partial charge on any atom is 0.191 e. The van der Waals surface area contributed by atoms with Gasteiger partial charge in [-0.25, -0.2) is 0 Å². The minimum Gasteiger partial charge on any atom is -0.357 e. The number of nitrogens with one attached hydrogen (secondary N) is 2. The predicted octanol–water partition coefficient (Wildman–Crippen LogP) is 4.29. The number of halogens is 1. The average molecular weight is 484 g/mol. The first-order chi connectivity index (χ1) is 12.2. The molecule has 1 unspecified atom stereocenters. The van der Waals surface area contributed by atoms with Crippen LogP contribution in [0.2, 0.25) is 0 Å². The number of pyridine rings is 1. The minimum absolute atomic E-state index is 0. The van der Waals surface area contributed by atoms with Crippen molar-refractivity contribution < 1.29 is 0 Å². The molecular weight excluding hydrogens is 455 g/mol. The van der Waals surface area contributed by atoms with E-state index < -0.39 is 0 Å². The topological polar surface area (TPSA) is 49.3 Å². The van der Waals surface area contributed by atoms with Crippen LogP contribution in [0.25, 0.3) is 0 Å². The van der Waals surface area contributed by atoms with Crippen LogP contribution in [0.1, 0.15) is 25.0 Å². The number of thioether (sulfide) groups is 1. The molecule has 0 saturated heterocycles. The smallest absolute Gasteiger partial charge is 0.191 e. The third-order valence-electron chi connectivity index (χ3n) is 3.75. The van der Waals surface area contributed by atoms with Gasteiger partial charge in [-0.15, -0.1) is 35.7 Å². The second-order valence-electron chi connectivity index (χ2n) is 5.94. The summed E-state index contributed by atoms with van der Waals surface area (Å²) < 4.78 is 0. The third kappa shape index (κ3) is 8.40. The van der Waals surface area contributed by atoms with Gasteiger partial charge in [0.05, 0.1) is 6.54 Å². The van der Waals surface area contributed by atoms with E-state index in [0.717, 1.165) is 32.0 Å². The Labute approximate surface area is 178 Å². The number of benzene rings is 1. The van der Waals surface area contributed by atoms with Crippen molar-refractivity contribution in [3.8, 4) is 0 Å². The lowest BCUT2D eigenvalue weighted by Crippen LogP contribution is -2.38. The Bertz CT molecular complexity index is 664. The highest BCUT2D eigenvalue weighted by Crippen LogP contribution is 2.22. The van der Waals surface area contributed by atoms with E-state index in [1.165, 1.54) is 16.0 Å². The molecule has 0 aliphatic rings. The van der Waals surface area contributed by atoms with Gasteiger partial charge in [0.15, 0.2) is 5.96 Å². The van der Waals surface area contributed by atoms with Gasteiger partial charge in [0.2, 0.25) is 0 Å².